The largest absolute Gasteiger partial charge is 0.491 e. The number of hydrogen-bond donors (Lipinski definition) is 1. The Kier molecular flexibility index (Phi) is 8.06. The molecule has 0 unspecified atom stereocenters. The molecule has 0 saturated carbocycles. The first-order chi connectivity index (χ1) is 8.86. The van der Waals surface area contributed by atoms with E-state index in [2.05, 4.69) is 18.3 Å². The van der Waals surface area contributed by atoms with Gasteiger partial charge in [-0.15, -0.1) is 0 Å². The van der Waals surface area contributed by atoms with Crippen molar-refractivity contribution in [3.05, 3.63) is 24.3 Å². The molecular weight excluding hydrogens is 226 g/mol. The predicted octanol–water partition coefficient (Wildman–Crippen LogP) is 3.70. The lowest BCUT2D eigenvalue weighted by atomic mass is 10.2. The molecule has 1 aromatic rings. The Labute approximate surface area is 110 Å². The number of unbranched alkanes of at least 4 members (excludes halogenated alkanes) is 3. The van der Waals surface area contributed by atoms with Gasteiger partial charge in [-0.25, -0.2) is 0 Å². The van der Waals surface area contributed by atoms with Crippen molar-refractivity contribution in [2.24, 2.45) is 0 Å². The molecular formula is C15H25NO2. The van der Waals surface area contributed by atoms with Gasteiger partial charge in [-0.2, -0.15) is 0 Å². The molecule has 0 bridgehead atoms. The van der Waals surface area contributed by atoms with Crippen molar-refractivity contribution in [1.82, 2.24) is 0 Å². The number of anilines is 1. The zero-order chi connectivity index (χ0) is 13.1. The van der Waals surface area contributed by atoms with Gasteiger partial charge in [-0.3, -0.25) is 0 Å². The molecule has 0 fully saturated rings. The minimum atomic E-state index is 0.594. The molecule has 0 aliphatic carbocycles. The average molecular weight is 251 g/mol. The fourth-order valence-corrected chi connectivity index (χ4v) is 1.72. The summed E-state index contributed by atoms with van der Waals surface area (Å²) < 4.78 is 10.5. The Bertz CT molecular complexity index is 315. The maximum atomic E-state index is 5.57. The van der Waals surface area contributed by atoms with Crippen molar-refractivity contribution in [3.63, 3.8) is 0 Å². The van der Waals surface area contributed by atoms with E-state index in [9.17, 15) is 0 Å². The highest BCUT2D eigenvalue weighted by Gasteiger charge is 1.96. The lowest BCUT2D eigenvalue weighted by molar-refractivity contribution is 0.146. The number of rotatable bonds is 10. The summed E-state index contributed by atoms with van der Waals surface area (Å²) in [5.41, 5.74) is 1.13. The molecule has 0 atom stereocenters. The smallest absolute Gasteiger partial charge is 0.121 e. The number of nitrogens with one attached hydrogen (secondary N) is 1. The first-order valence-electron chi connectivity index (χ1n) is 6.82. The Hall–Kier alpha value is -1.22. The van der Waals surface area contributed by atoms with Gasteiger partial charge in [0.1, 0.15) is 12.4 Å². The third-order valence-corrected chi connectivity index (χ3v) is 2.75. The second kappa shape index (κ2) is 9.77. The second-order valence-electron chi connectivity index (χ2n) is 4.36. The first kappa shape index (κ1) is 14.8. The Morgan fingerprint density at radius 1 is 1.11 bits per heavy atom. The Morgan fingerprint density at radius 3 is 2.78 bits per heavy atom. The zero-order valence-corrected chi connectivity index (χ0v) is 11.6. The highest BCUT2D eigenvalue weighted by Crippen LogP contribution is 2.17. The van der Waals surface area contributed by atoms with E-state index in [0.717, 1.165) is 18.0 Å². The molecule has 0 radical (unpaired) electrons. The number of hydrogen-bond acceptors (Lipinski definition) is 3. The van der Waals surface area contributed by atoms with Crippen LogP contribution in [0.15, 0.2) is 24.3 Å². The average Bonchev–Trinajstić information content (AvgIpc) is 2.39. The quantitative estimate of drug-likeness (QED) is 0.643. The Balaban J connectivity index is 2.26. The van der Waals surface area contributed by atoms with Gasteiger partial charge in [-0.1, -0.05) is 32.3 Å². The SMILES string of the molecule is CCCCCCNc1cccc(OCCOC)c1. The monoisotopic (exact) mass is 251 g/mol. The summed E-state index contributed by atoms with van der Waals surface area (Å²) in [6, 6.07) is 8.09. The maximum absolute atomic E-state index is 5.57. The minimum absolute atomic E-state index is 0.594. The summed E-state index contributed by atoms with van der Waals surface area (Å²) in [6.45, 7) is 4.47. The van der Waals surface area contributed by atoms with Crippen molar-refractivity contribution in [2.75, 3.05) is 32.2 Å². The second-order valence-corrected chi connectivity index (χ2v) is 4.36. The van der Waals surface area contributed by atoms with Gasteiger partial charge >= 0.3 is 0 Å². The standard InChI is InChI=1S/C15H25NO2/c1-3-4-5-6-10-16-14-8-7-9-15(13-14)18-12-11-17-2/h7-9,13,16H,3-6,10-12H2,1-2H3. The molecule has 0 spiro atoms. The highest BCUT2D eigenvalue weighted by atomic mass is 16.5. The van der Waals surface area contributed by atoms with E-state index in [-0.39, 0.29) is 0 Å². The summed E-state index contributed by atoms with van der Waals surface area (Å²) in [4.78, 5) is 0. The third kappa shape index (κ3) is 6.50. The fraction of sp³-hybridized carbons (Fsp3) is 0.600. The van der Waals surface area contributed by atoms with Crippen LogP contribution in [0.1, 0.15) is 32.6 Å². The Morgan fingerprint density at radius 2 is 2.00 bits per heavy atom. The topological polar surface area (TPSA) is 30.5 Å². The number of benzene rings is 1. The van der Waals surface area contributed by atoms with Gasteiger partial charge in [0.25, 0.3) is 0 Å². The van der Waals surface area contributed by atoms with Gasteiger partial charge in [0, 0.05) is 25.4 Å². The van der Waals surface area contributed by atoms with Crippen LogP contribution in [-0.4, -0.2) is 26.9 Å². The van der Waals surface area contributed by atoms with Crippen LogP contribution >= 0.6 is 0 Å². The molecule has 3 heteroatoms. The molecule has 102 valence electrons. The van der Waals surface area contributed by atoms with Gasteiger partial charge in [0.15, 0.2) is 0 Å². The third-order valence-electron chi connectivity index (χ3n) is 2.75. The van der Waals surface area contributed by atoms with E-state index in [1.165, 1.54) is 25.7 Å². The van der Waals surface area contributed by atoms with Crippen LogP contribution in [0.2, 0.25) is 0 Å². The molecule has 1 rings (SSSR count). The maximum Gasteiger partial charge on any atom is 0.121 e. The summed E-state index contributed by atoms with van der Waals surface area (Å²) in [5, 5.41) is 3.42. The van der Waals surface area contributed by atoms with E-state index < -0.39 is 0 Å². The molecule has 0 saturated heterocycles. The van der Waals surface area contributed by atoms with Crippen LogP contribution in [-0.2, 0) is 4.74 Å². The summed E-state index contributed by atoms with van der Waals surface area (Å²) >= 11 is 0. The summed E-state index contributed by atoms with van der Waals surface area (Å²) in [7, 11) is 1.68. The zero-order valence-electron chi connectivity index (χ0n) is 11.6. The molecule has 0 aliphatic heterocycles. The summed E-state index contributed by atoms with van der Waals surface area (Å²) in [6.07, 6.45) is 5.13. The van der Waals surface area contributed by atoms with Crippen LogP contribution in [0, 0.1) is 0 Å². The van der Waals surface area contributed by atoms with Crippen molar-refractivity contribution in [1.29, 1.82) is 0 Å². The molecule has 18 heavy (non-hydrogen) atoms. The van der Waals surface area contributed by atoms with Crippen molar-refractivity contribution in [3.8, 4) is 5.75 Å². The van der Waals surface area contributed by atoms with Crippen molar-refractivity contribution >= 4 is 5.69 Å². The van der Waals surface area contributed by atoms with E-state index in [4.69, 9.17) is 9.47 Å². The fourth-order valence-electron chi connectivity index (χ4n) is 1.72. The normalized spacial score (nSPS) is 10.3. The number of methoxy groups -OCH3 is 1. The van der Waals surface area contributed by atoms with Crippen LogP contribution in [0.25, 0.3) is 0 Å². The lowest BCUT2D eigenvalue weighted by Crippen LogP contribution is -2.05. The first-order valence-corrected chi connectivity index (χ1v) is 6.82. The highest BCUT2D eigenvalue weighted by molar-refractivity contribution is 5.48. The van der Waals surface area contributed by atoms with Gasteiger partial charge in [0.05, 0.1) is 6.61 Å². The molecule has 0 heterocycles. The predicted molar refractivity (Wildman–Crippen MR) is 76.4 cm³/mol. The van der Waals surface area contributed by atoms with E-state index in [1.54, 1.807) is 7.11 Å². The van der Waals surface area contributed by atoms with Gasteiger partial charge in [0.2, 0.25) is 0 Å². The van der Waals surface area contributed by atoms with Gasteiger partial charge < -0.3 is 14.8 Å². The summed E-state index contributed by atoms with van der Waals surface area (Å²) in [5.74, 6) is 0.894. The molecule has 1 aromatic carbocycles. The van der Waals surface area contributed by atoms with Crippen molar-refractivity contribution in [2.45, 2.75) is 32.6 Å². The molecule has 3 nitrogen and oxygen atoms in total. The van der Waals surface area contributed by atoms with Crippen molar-refractivity contribution < 1.29 is 9.47 Å². The van der Waals surface area contributed by atoms with Crippen LogP contribution in [0.5, 0.6) is 5.75 Å². The van der Waals surface area contributed by atoms with Gasteiger partial charge in [-0.05, 0) is 18.6 Å². The molecule has 0 aromatic heterocycles. The number of ether oxygens (including phenoxy) is 2. The molecule has 0 amide bonds. The minimum Gasteiger partial charge on any atom is -0.491 e. The van der Waals surface area contributed by atoms with Crippen LogP contribution in [0.4, 0.5) is 5.69 Å². The van der Waals surface area contributed by atoms with E-state index in [0.29, 0.717) is 13.2 Å². The van der Waals surface area contributed by atoms with E-state index in [1.807, 2.05) is 18.2 Å². The molecule has 1 N–H and O–H groups in total. The lowest BCUT2D eigenvalue weighted by Gasteiger charge is -2.09. The molecule has 0 aliphatic rings. The van der Waals surface area contributed by atoms with Crippen LogP contribution < -0.4 is 10.1 Å². The van der Waals surface area contributed by atoms with Crippen LogP contribution in [0.3, 0.4) is 0 Å². The van der Waals surface area contributed by atoms with E-state index >= 15 is 0 Å².